The lowest BCUT2D eigenvalue weighted by molar-refractivity contribution is -0.134. The number of carbonyl (C=O) groups excluding carboxylic acids is 2. The smallest absolute Gasteiger partial charge is 0.308 e. The monoisotopic (exact) mass is 516 g/mol. The van der Waals surface area contributed by atoms with E-state index in [-0.39, 0.29) is 53.8 Å². The molecule has 1 atom stereocenters. The van der Waals surface area contributed by atoms with Crippen LogP contribution in [-0.4, -0.2) is 66.2 Å². The molecule has 0 saturated carbocycles. The number of nitrogens with one attached hydrogen (secondary N) is 1. The first kappa shape index (κ1) is 25.1. The van der Waals surface area contributed by atoms with Crippen molar-refractivity contribution in [1.82, 2.24) is 19.1 Å². The zero-order valence-electron chi connectivity index (χ0n) is 19.8. The van der Waals surface area contributed by atoms with Gasteiger partial charge in [0, 0.05) is 37.8 Å². The highest BCUT2D eigenvalue weighted by Crippen LogP contribution is 2.26. The Balaban J connectivity index is 1.41. The fourth-order valence-electron chi connectivity index (χ4n) is 4.17. The van der Waals surface area contributed by atoms with Gasteiger partial charge < -0.3 is 10.2 Å². The molecule has 0 bridgehead atoms. The number of piperazine rings is 1. The van der Waals surface area contributed by atoms with Gasteiger partial charge in [-0.3, -0.25) is 19.0 Å². The van der Waals surface area contributed by atoms with Crippen molar-refractivity contribution >= 4 is 43.4 Å². The molecule has 2 heterocycles. The third-order valence-corrected chi connectivity index (χ3v) is 8.86. The molecule has 1 fully saturated rings. The maximum Gasteiger partial charge on any atom is 0.308 e. The van der Waals surface area contributed by atoms with Crippen molar-refractivity contribution < 1.29 is 18.0 Å². The topological polar surface area (TPSA) is 109 Å². The van der Waals surface area contributed by atoms with Crippen LogP contribution in [0.5, 0.6) is 0 Å². The Hall–Kier alpha value is -3.02. The maximum absolute atomic E-state index is 13.3. The number of nitrogens with zero attached hydrogens (tertiary/aromatic N) is 3. The van der Waals surface area contributed by atoms with Gasteiger partial charge in [-0.2, -0.15) is 4.31 Å². The number of hydrogen-bond acceptors (Lipinski definition) is 6. The molecule has 0 spiro atoms. The number of hydrogen-bond donors (Lipinski definition) is 1. The summed E-state index contributed by atoms with van der Waals surface area (Å²) in [6, 6.07) is 12.6. The predicted molar refractivity (Wildman–Crippen MR) is 135 cm³/mol. The summed E-state index contributed by atoms with van der Waals surface area (Å²) >= 11 is 1.03. The molecule has 186 valence electrons. The average molecular weight is 517 g/mol. The summed E-state index contributed by atoms with van der Waals surface area (Å²) in [5.74, 6) is -0.593. The fraction of sp³-hybridized carbons (Fsp3) is 0.375. The summed E-state index contributed by atoms with van der Waals surface area (Å²) in [5.41, 5.74) is 1.18. The van der Waals surface area contributed by atoms with E-state index in [4.69, 9.17) is 0 Å². The van der Waals surface area contributed by atoms with Gasteiger partial charge in [-0.05, 0) is 51.1 Å². The van der Waals surface area contributed by atoms with Gasteiger partial charge >= 0.3 is 4.87 Å². The van der Waals surface area contributed by atoms with Crippen LogP contribution in [0.1, 0.15) is 37.2 Å². The molecule has 1 saturated heterocycles. The molecular weight excluding hydrogens is 488 g/mol. The quantitative estimate of drug-likeness (QED) is 0.541. The number of sulfonamides is 1. The first-order valence-corrected chi connectivity index (χ1v) is 13.6. The minimum Gasteiger partial charge on any atom is -0.341 e. The van der Waals surface area contributed by atoms with Crippen molar-refractivity contribution in [2.75, 3.05) is 26.2 Å². The maximum atomic E-state index is 13.3. The first-order valence-electron chi connectivity index (χ1n) is 11.4. The summed E-state index contributed by atoms with van der Waals surface area (Å²) in [6.07, 6.45) is 0. The Morgan fingerprint density at radius 3 is 2.26 bits per heavy atom. The van der Waals surface area contributed by atoms with E-state index in [1.54, 1.807) is 58.9 Å². The summed E-state index contributed by atoms with van der Waals surface area (Å²) in [7, 11) is -3.78. The van der Waals surface area contributed by atoms with Gasteiger partial charge in [0.25, 0.3) is 5.91 Å². The fourth-order valence-corrected chi connectivity index (χ4v) is 6.75. The second-order valence-electron chi connectivity index (χ2n) is 8.75. The number of benzene rings is 2. The summed E-state index contributed by atoms with van der Waals surface area (Å²) in [5, 5.41) is 2.70. The Labute approximate surface area is 208 Å². The van der Waals surface area contributed by atoms with Crippen molar-refractivity contribution in [3.8, 4) is 0 Å². The number of carbonyl (C=O) groups is 2. The van der Waals surface area contributed by atoms with Gasteiger partial charge in [0.15, 0.2) is 0 Å². The number of aromatic nitrogens is 1. The molecule has 1 aliphatic heterocycles. The van der Waals surface area contributed by atoms with Crippen LogP contribution in [0.4, 0.5) is 0 Å². The van der Waals surface area contributed by atoms with Crippen molar-refractivity contribution in [3.63, 3.8) is 0 Å². The van der Waals surface area contributed by atoms with Crippen LogP contribution in [-0.2, 0) is 14.8 Å². The van der Waals surface area contributed by atoms with Crippen molar-refractivity contribution in [1.29, 1.82) is 0 Å². The standard InChI is InChI=1S/C24H28N4O5S2/c1-16(2)28-20-10-9-19(15-21(20)34-24(28)31)35(32,33)27-13-11-26(12-14-27)23(30)17(3)25-22(29)18-7-5-4-6-8-18/h4-10,15-17H,11-14H2,1-3H3,(H,25,29). The zero-order valence-corrected chi connectivity index (χ0v) is 21.4. The molecule has 1 aliphatic rings. The normalized spacial score (nSPS) is 15.9. The second-order valence-corrected chi connectivity index (χ2v) is 11.7. The van der Waals surface area contributed by atoms with E-state index in [0.717, 1.165) is 16.9 Å². The number of amides is 2. The van der Waals surface area contributed by atoms with Crippen molar-refractivity contribution in [2.45, 2.75) is 37.8 Å². The highest BCUT2D eigenvalue weighted by Gasteiger charge is 2.32. The molecule has 2 aromatic carbocycles. The first-order chi connectivity index (χ1) is 16.6. The molecule has 11 heteroatoms. The number of fused-ring (bicyclic) bond motifs is 1. The van der Waals surface area contributed by atoms with E-state index in [0.29, 0.717) is 10.3 Å². The predicted octanol–water partition coefficient (Wildman–Crippen LogP) is 2.30. The van der Waals surface area contributed by atoms with Crippen molar-refractivity contribution in [3.05, 3.63) is 63.8 Å². The Morgan fingerprint density at radius 2 is 1.63 bits per heavy atom. The summed E-state index contributed by atoms with van der Waals surface area (Å²) in [4.78, 5) is 39.1. The van der Waals surface area contributed by atoms with E-state index in [1.807, 2.05) is 13.8 Å². The van der Waals surface area contributed by atoms with Gasteiger partial charge in [-0.25, -0.2) is 8.42 Å². The Morgan fingerprint density at radius 1 is 0.971 bits per heavy atom. The lowest BCUT2D eigenvalue weighted by Gasteiger charge is -2.35. The van der Waals surface area contributed by atoms with Gasteiger partial charge in [0.05, 0.1) is 15.1 Å². The van der Waals surface area contributed by atoms with Crippen LogP contribution in [0.3, 0.4) is 0 Å². The Bertz CT molecular complexity index is 1400. The van der Waals surface area contributed by atoms with E-state index < -0.39 is 16.1 Å². The van der Waals surface area contributed by atoms with Crippen LogP contribution in [0.25, 0.3) is 10.2 Å². The van der Waals surface area contributed by atoms with Gasteiger partial charge in [-0.1, -0.05) is 29.5 Å². The molecule has 9 nitrogen and oxygen atoms in total. The molecule has 0 aliphatic carbocycles. The highest BCUT2D eigenvalue weighted by molar-refractivity contribution is 7.89. The molecule has 1 N–H and O–H groups in total. The molecule has 0 radical (unpaired) electrons. The molecule has 35 heavy (non-hydrogen) atoms. The third kappa shape index (κ3) is 5.02. The summed E-state index contributed by atoms with van der Waals surface area (Å²) in [6.45, 7) is 6.19. The van der Waals surface area contributed by atoms with Crippen LogP contribution < -0.4 is 10.2 Å². The summed E-state index contributed by atoms with van der Waals surface area (Å²) < 4.78 is 30.1. The van der Waals surface area contributed by atoms with E-state index in [2.05, 4.69) is 5.32 Å². The minimum absolute atomic E-state index is 0.0239. The molecule has 4 rings (SSSR count). The Kier molecular flexibility index (Phi) is 7.11. The largest absolute Gasteiger partial charge is 0.341 e. The van der Waals surface area contributed by atoms with E-state index >= 15 is 0 Å². The van der Waals surface area contributed by atoms with Crippen molar-refractivity contribution in [2.24, 2.45) is 0 Å². The third-order valence-electron chi connectivity index (χ3n) is 6.04. The lowest BCUT2D eigenvalue weighted by atomic mass is 10.2. The molecule has 2 amide bonds. The van der Waals surface area contributed by atoms with E-state index in [1.165, 1.54) is 10.4 Å². The molecule has 1 unspecified atom stereocenters. The lowest BCUT2D eigenvalue weighted by Crippen LogP contribution is -2.55. The number of thiazole rings is 1. The van der Waals surface area contributed by atoms with Gasteiger partial charge in [0.2, 0.25) is 15.9 Å². The second kappa shape index (κ2) is 9.92. The van der Waals surface area contributed by atoms with E-state index in [9.17, 15) is 22.8 Å². The van der Waals surface area contributed by atoms with Gasteiger partial charge in [0.1, 0.15) is 6.04 Å². The molecule has 1 aromatic heterocycles. The zero-order chi connectivity index (χ0) is 25.3. The highest BCUT2D eigenvalue weighted by atomic mass is 32.2. The van der Waals surface area contributed by atoms with Crippen LogP contribution >= 0.6 is 11.3 Å². The average Bonchev–Trinajstić information content (AvgIpc) is 3.19. The number of rotatable bonds is 6. The molecular formula is C24H28N4O5S2. The van der Waals surface area contributed by atoms with Crippen LogP contribution in [0.15, 0.2) is 58.2 Å². The molecule has 3 aromatic rings. The van der Waals surface area contributed by atoms with Crippen LogP contribution in [0.2, 0.25) is 0 Å². The van der Waals surface area contributed by atoms with Gasteiger partial charge in [-0.15, -0.1) is 0 Å². The minimum atomic E-state index is -3.78. The SMILES string of the molecule is CC(NC(=O)c1ccccc1)C(=O)N1CCN(S(=O)(=O)c2ccc3c(c2)sc(=O)n3C(C)C)CC1. The van der Waals surface area contributed by atoms with Crippen LogP contribution in [0, 0.1) is 0 Å².